The highest BCUT2D eigenvalue weighted by atomic mass is 79.9. The quantitative estimate of drug-likeness (QED) is 0.258. The number of carbonyl (C=O) groups is 1. The number of hydrogen-bond donors (Lipinski definition) is 0. The largest absolute Gasteiger partial charge is 0.288 e. The van der Waals surface area contributed by atoms with Crippen molar-refractivity contribution in [3.63, 3.8) is 0 Å². The van der Waals surface area contributed by atoms with Crippen LogP contribution >= 0.6 is 15.9 Å². The van der Waals surface area contributed by atoms with Crippen LogP contribution < -0.4 is 0 Å². The van der Waals surface area contributed by atoms with Crippen molar-refractivity contribution in [2.24, 2.45) is 5.11 Å². The highest BCUT2D eigenvalue weighted by Crippen LogP contribution is 2.27. The summed E-state index contributed by atoms with van der Waals surface area (Å²) in [5.41, 5.74) is 10.2. The fourth-order valence-electron chi connectivity index (χ4n) is 1.69. The van der Waals surface area contributed by atoms with Crippen LogP contribution in [0.5, 0.6) is 0 Å². The molecule has 0 saturated carbocycles. The Morgan fingerprint density at radius 2 is 1.45 bits per heavy atom. The second-order valence-corrected chi connectivity index (χ2v) is 4.71. The van der Waals surface area contributed by atoms with E-state index < -0.39 is 0 Å². The molecular formula is C15H10BrN3O. The first-order valence-electron chi connectivity index (χ1n) is 5.84. The molecule has 0 amide bonds. The van der Waals surface area contributed by atoms with Crippen LogP contribution in [0, 0.1) is 0 Å². The van der Waals surface area contributed by atoms with Crippen LogP contribution in [0.25, 0.3) is 16.1 Å². The molecule has 20 heavy (non-hydrogen) atoms. The fraction of sp³-hybridized carbons (Fsp3) is 0. The summed E-state index contributed by atoms with van der Waals surface area (Å²) < 4.78 is 0.243. The summed E-state index contributed by atoms with van der Waals surface area (Å²) in [6, 6.07) is 17.9. The zero-order valence-electron chi connectivity index (χ0n) is 10.4. The van der Waals surface area contributed by atoms with E-state index in [9.17, 15) is 4.79 Å². The number of azide groups is 1. The van der Waals surface area contributed by atoms with Crippen LogP contribution in [-0.2, 0) is 0 Å². The maximum Gasteiger partial charge on any atom is 0.200 e. The van der Waals surface area contributed by atoms with E-state index in [-0.39, 0.29) is 16.0 Å². The topological polar surface area (TPSA) is 65.8 Å². The Hall–Kier alpha value is -2.36. The minimum Gasteiger partial charge on any atom is -0.288 e. The van der Waals surface area contributed by atoms with Crippen molar-refractivity contribution in [1.29, 1.82) is 0 Å². The Morgan fingerprint density at radius 3 is 1.95 bits per heavy atom. The van der Waals surface area contributed by atoms with Gasteiger partial charge in [-0.1, -0.05) is 65.8 Å². The van der Waals surface area contributed by atoms with Gasteiger partial charge in [0.15, 0.2) is 5.78 Å². The SMILES string of the molecule is [N-]=[N+]=N/C(=C(\Br)C(=O)c1ccccc1)c1ccccc1. The van der Waals surface area contributed by atoms with Crippen LogP contribution in [0.4, 0.5) is 0 Å². The Bertz CT molecular complexity index is 690. The molecule has 98 valence electrons. The lowest BCUT2D eigenvalue weighted by molar-refractivity contribution is 0.104. The van der Waals surface area contributed by atoms with Crippen molar-refractivity contribution in [3.05, 3.63) is 86.7 Å². The van der Waals surface area contributed by atoms with Crippen molar-refractivity contribution in [2.45, 2.75) is 0 Å². The average Bonchev–Trinajstić information content (AvgIpc) is 2.53. The van der Waals surface area contributed by atoms with E-state index in [4.69, 9.17) is 5.53 Å². The molecule has 0 saturated heterocycles. The first-order valence-corrected chi connectivity index (χ1v) is 6.63. The van der Waals surface area contributed by atoms with E-state index >= 15 is 0 Å². The first-order chi connectivity index (χ1) is 9.74. The lowest BCUT2D eigenvalue weighted by Gasteiger charge is -2.05. The minimum absolute atomic E-state index is 0.225. The number of benzene rings is 2. The number of allylic oxidation sites excluding steroid dienone is 1. The molecule has 0 spiro atoms. The van der Waals surface area contributed by atoms with Gasteiger partial charge < -0.3 is 0 Å². The highest BCUT2D eigenvalue weighted by molar-refractivity contribution is 9.12. The minimum atomic E-state index is -0.225. The molecule has 0 atom stereocenters. The van der Waals surface area contributed by atoms with Gasteiger partial charge in [-0.3, -0.25) is 4.79 Å². The zero-order valence-corrected chi connectivity index (χ0v) is 12.0. The highest BCUT2D eigenvalue weighted by Gasteiger charge is 2.15. The summed E-state index contributed by atoms with van der Waals surface area (Å²) in [5.74, 6) is -0.225. The van der Waals surface area contributed by atoms with Crippen LogP contribution in [-0.4, -0.2) is 5.78 Å². The molecule has 0 heterocycles. The van der Waals surface area contributed by atoms with E-state index in [1.165, 1.54) is 0 Å². The molecule has 0 bridgehead atoms. The fourth-order valence-corrected chi connectivity index (χ4v) is 2.23. The van der Waals surface area contributed by atoms with Gasteiger partial charge in [0.05, 0.1) is 10.2 Å². The van der Waals surface area contributed by atoms with Gasteiger partial charge in [-0.25, -0.2) is 0 Å². The number of halogens is 1. The summed E-state index contributed by atoms with van der Waals surface area (Å²) in [7, 11) is 0. The third kappa shape index (κ3) is 3.15. The molecule has 0 radical (unpaired) electrons. The van der Waals surface area contributed by atoms with Crippen molar-refractivity contribution in [3.8, 4) is 0 Å². The summed E-state index contributed by atoms with van der Waals surface area (Å²) in [4.78, 5) is 15.1. The molecule has 0 aliphatic rings. The van der Waals surface area contributed by atoms with Crippen molar-refractivity contribution < 1.29 is 4.79 Å². The molecule has 2 aromatic rings. The standard InChI is InChI=1S/C15H10BrN3O/c16-13(15(20)12-9-5-2-6-10-12)14(18-19-17)11-7-3-1-4-8-11/h1-10H/b14-13-. The number of hydrogen-bond acceptors (Lipinski definition) is 2. The molecule has 0 aromatic heterocycles. The molecule has 0 fully saturated rings. The zero-order chi connectivity index (χ0) is 14.4. The van der Waals surface area contributed by atoms with Crippen molar-refractivity contribution in [1.82, 2.24) is 0 Å². The van der Waals surface area contributed by atoms with Crippen molar-refractivity contribution >= 4 is 27.4 Å². The first kappa shape index (κ1) is 14.1. The van der Waals surface area contributed by atoms with E-state index in [1.807, 2.05) is 24.3 Å². The third-order valence-electron chi connectivity index (χ3n) is 2.64. The second-order valence-electron chi connectivity index (χ2n) is 3.91. The average molecular weight is 328 g/mol. The second kappa shape index (κ2) is 6.70. The Balaban J connectivity index is 2.51. The van der Waals surface area contributed by atoms with E-state index in [1.54, 1.807) is 36.4 Å². The number of rotatable bonds is 4. The summed E-state index contributed by atoms with van der Waals surface area (Å²) in [5, 5.41) is 3.63. The van der Waals surface area contributed by atoms with Gasteiger partial charge >= 0.3 is 0 Å². The molecule has 4 nitrogen and oxygen atoms in total. The van der Waals surface area contributed by atoms with E-state index in [0.717, 1.165) is 0 Å². The van der Waals surface area contributed by atoms with Gasteiger partial charge in [-0.05, 0) is 27.0 Å². The summed E-state index contributed by atoms with van der Waals surface area (Å²) >= 11 is 3.25. The number of carbonyl (C=O) groups excluding carboxylic acids is 1. The molecular weight excluding hydrogens is 318 g/mol. The maximum atomic E-state index is 12.3. The molecule has 2 aromatic carbocycles. The predicted molar refractivity (Wildman–Crippen MR) is 82.2 cm³/mol. The smallest absolute Gasteiger partial charge is 0.200 e. The molecule has 0 unspecified atom stereocenters. The van der Waals surface area contributed by atoms with Gasteiger partial charge in [0.25, 0.3) is 0 Å². The molecule has 0 aliphatic carbocycles. The molecule has 2 rings (SSSR count). The lowest BCUT2D eigenvalue weighted by atomic mass is 10.1. The van der Waals surface area contributed by atoms with E-state index in [0.29, 0.717) is 11.1 Å². The van der Waals surface area contributed by atoms with Gasteiger partial charge in [0, 0.05) is 10.5 Å². The number of ketones is 1. The van der Waals surface area contributed by atoms with Crippen LogP contribution in [0.1, 0.15) is 15.9 Å². The monoisotopic (exact) mass is 327 g/mol. The summed E-state index contributed by atoms with van der Waals surface area (Å²) in [6.07, 6.45) is 0. The van der Waals surface area contributed by atoms with Gasteiger partial charge in [0.1, 0.15) is 0 Å². The summed E-state index contributed by atoms with van der Waals surface area (Å²) in [6.45, 7) is 0. The van der Waals surface area contributed by atoms with Crippen LogP contribution in [0.15, 0.2) is 70.3 Å². The Labute approximate surface area is 124 Å². The Kier molecular flexibility index (Phi) is 4.71. The molecule has 0 aliphatic heterocycles. The van der Waals surface area contributed by atoms with Gasteiger partial charge in [0.2, 0.25) is 0 Å². The van der Waals surface area contributed by atoms with Gasteiger partial charge in [-0.2, -0.15) is 0 Å². The van der Waals surface area contributed by atoms with E-state index in [2.05, 4.69) is 26.0 Å². The predicted octanol–water partition coefficient (Wildman–Crippen LogP) is 4.94. The van der Waals surface area contributed by atoms with Gasteiger partial charge in [-0.15, -0.1) is 0 Å². The Morgan fingerprint density at radius 1 is 0.950 bits per heavy atom. The molecule has 0 N–H and O–H groups in total. The molecule has 5 heteroatoms. The number of nitrogens with zero attached hydrogens (tertiary/aromatic N) is 3. The number of Topliss-reactive ketones (excluding diaryl/α,β-unsaturated/α-hetero) is 1. The normalized spacial score (nSPS) is 11.2. The lowest BCUT2D eigenvalue weighted by Crippen LogP contribution is -2.00. The third-order valence-corrected chi connectivity index (χ3v) is 3.37. The van der Waals surface area contributed by atoms with Crippen molar-refractivity contribution in [2.75, 3.05) is 0 Å². The maximum absolute atomic E-state index is 12.3. The van der Waals surface area contributed by atoms with Crippen LogP contribution in [0.3, 0.4) is 0 Å². The van der Waals surface area contributed by atoms with Crippen LogP contribution in [0.2, 0.25) is 0 Å².